The minimum Gasteiger partial charge on any atom is -0.466 e. The van der Waals surface area contributed by atoms with E-state index in [9.17, 15) is 14.0 Å². The number of ether oxygens (including phenoxy) is 1. The third kappa shape index (κ3) is 2.74. The fraction of sp³-hybridized carbons (Fsp3) is 0.333. The number of allylic oxidation sites excluding steroid dienone is 1. The van der Waals surface area contributed by atoms with Crippen LogP contribution in [0.4, 0.5) is 9.18 Å². The van der Waals surface area contributed by atoms with Crippen molar-refractivity contribution in [3.8, 4) is 0 Å². The van der Waals surface area contributed by atoms with Crippen molar-refractivity contribution < 1.29 is 18.7 Å². The Morgan fingerprint density at radius 1 is 1.48 bits per heavy atom. The van der Waals surface area contributed by atoms with Crippen molar-refractivity contribution in [2.45, 2.75) is 19.9 Å². The lowest BCUT2D eigenvalue weighted by Gasteiger charge is -2.34. The van der Waals surface area contributed by atoms with Gasteiger partial charge in [0.1, 0.15) is 5.82 Å². The topological polar surface area (TPSA) is 58.6 Å². The lowest BCUT2D eigenvalue weighted by Crippen LogP contribution is -2.47. The van der Waals surface area contributed by atoms with Crippen LogP contribution < -0.4 is 5.32 Å². The zero-order valence-electron chi connectivity index (χ0n) is 12.1. The summed E-state index contributed by atoms with van der Waals surface area (Å²) in [4.78, 5) is 25.6. The predicted octanol–water partition coefficient (Wildman–Crippen LogP) is 2.36. The van der Waals surface area contributed by atoms with Crippen molar-refractivity contribution in [2.75, 3.05) is 13.7 Å². The molecule has 0 spiro atoms. The Balaban J connectivity index is 2.55. The minimum atomic E-state index is -0.719. The van der Waals surface area contributed by atoms with Crippen LogP contribution in [0.25, 0.3) is 0 Å². The average molecular weight is 292 g/mol. The molecule has 0 aromatic heterocycles. The molecular weight excluding hydrogens is 275 g/mol. The second kappa shape index (κ2) is 5.95. The molecule has 1 aliphatic rings. The molecule has 112 valence electrons. The number of halogens is 1. The second-order valence-corrected chi connectivity index (χ2v) is 4.67. The number of carbonyl (C=O) groups excluding carboxylic acids is 2. The van der Waals surface area contributed by atoms with E-state index in [4.69, 9.17) is 4.74 Å². The summed E-state index contributed by atoms with van der Waals surface area (Å²) >= 11 is 0. The Hall–Kier alpha value is -2.37. The molecule has 1 aromatic carbocycles. The normalized spacial score (nSPS) is 18.6. The lowest BCUT2D eigenvalue weighted by atomic mass is 9.95. The summed E-state index contributed by atoms with van der Waals surface area (Å²) < 4.78 is 18.2. The number of urea groups is 1. The molecule has 2 amide bonds. The van der Waals surface area contributed by atoms with E-state index in [1.807, 2.05) is 0 Å². The number of esters is 1. The maximum absolute atomic E-state index is 13.4. The molecule has 1 atom stereocenters. The molecule has 0 unspecified atom stereocenters. The highest BCUT2D eigenvalue weighted by atomic mass is 19.1. The Kier molecular flexibility index (Phi) is 4.26. The molecule has 1 heterocycles. The molecule has 21 heavy (non-hydrogen) atoms. The first kappa shape index (κ1) is 15.0. The number of nitrogens with zero attached hydrogens (tertiary/aromatic N) is 1. The molecule has 0 aliphatic carbocycles. The Labute approximate surface area is 122 Å². The van der Waals surface area contributed by atoms with Gasteiger partial charge in [0, 0.05) is 12.2 Å². The molecule has 5 nitrogen and oxygen atoms in total. The molecule has 1 aromatic rings. The van der Waals surface area contributed by atoms with Crippen LogP contribution >= 0.6 is 0 Å². The number of rotatable bonds is 3. The van der Waals surface area contributed by atoms with Crippen LogP contribution in [0.5, 0.6) is 0 Å². The monoisotopic (exact) mass is 292 g/mol. The zero-order chi connectivity index (χ0) is 15.6. The summed E-state index contributed by atoms with van der Waals surface area (Å²) in [5.74, 6) is -0.971. The molecule has 0 radical (unpaired) electrons. The molecule has 0 fully saturated rings. The summed E-state index contributed by atoms with van der Waals surface area (Å²) in [7, 11) is 1.28. The van der Waals surface area contributed by atoms with E-state index in [1.165, 1.54) is 30.2 Å². The van der Waals surface area contributed by atoms with Gasteiger partial charge in [-0.25, -0.2) is 14.0 Å². The summed E-state index contributed by atoms with van der Waals surface area (Å²) in [6.45, 7) is 3.91. The quantitative estimate of drug-likeness (QED) is 0.870. The number of methoxy groups -OCH3 is 1. The lowest BCUT2D eigenvalue weighted by molar-refractivity contribution is -0.136. The van der Waals surface area contributed by atoms with E-state index in [1.54, 1.807) is 19.9 Å². The fourth-order valence-corrected chi connectivity index (χ4v) is 2.47. The molecule has 2 rings (SSSR count). The fourth-order valence-electron chi connectivity index (χ4n) is 2.47. The molecule has 0 bridgehead atoms. The zero-order valence-corrected chi connectivity index (χ0v) is 12.1. The van der Waals surface area contributed by atoms with Crippen LogP contribution in [0.15, 0.2) is 35.5 Å². The van der Waals surface area contributed by atoms with Gasteiger partial charge in [-0.1, -0.05) is 12.1 Å². The van der Waals surface area contributed by atoms with Crippen LogP contribution in [0.2, 0.25) is 0 Å². The van der Waals surface area contributed by atoms with Crippen LogP contribution in [-0.2, 0) is 9.53 Å². The number of amides is 2. The van der Waals surface area contributed by atoms with E-state index >= 15 is 0 Å². The van der Waals surface area contributed by atoms with Gasteiger partial charge in [0.25, 0.3) is 0 Å². The molecule has 1 N–H and O–H groups in total. The minimum absolute atomic E-state index is 0.310. The maximum atomic E-state index is 13.4. The van der Waals surface area contributed by atoms with Gasteiger partial charge in [0.2, 0.25) is 0 Å². The summed E-state index contributed by atoms with van der Waals surface area (Å²) in [6, 6.07) is 4.75. The molecular formula is C15H17FN2O3. The second-order valence-electron chi connectivity index (χ2n) is 4.67. The van der Waals surface area contributed by atoms with E-state index < -0.39 is 17.8 Å². The highest BCUT2D eigenvalue weighted by molar-refractivity contribution is 5.94. The van der Waals surface area contributed by atoms with Gasteiger partial charge in [0.05, 0.1) is 18.7 Å². The van der Waals surface area contributed by atoms with E-state index in [0.717, 1.165) is 0 Å². The van der Waals surface area contributed by atoms with Gasteiger partial charge in [-0.05, 0) is 31.5 Å². The number of hydrogen-bond donors (Lipinski definition) is 1. The highest BCUT2D eigenvalue weighted by Crippen LogP contribution is 2.31. The molecule has 0 saturated heterocycles. The van der Waals surface area contributed by atoms with Crippen LogP contribution in [0.3, 0.4) is 0 Å². The Morgan fingerprint density at radius 2 is 2.19 bits per heavy atom. The van der Waals surface area contributed by atoms with Crippen molar-refractivity contribution >= 4 is 12.0 Å². The van der Waals surface area contributed by atoms with Crippen LogP contribution in [-0.4, -0.2) is 30.6 Å². The molecule has 1 aliphatic heterocycles. The van der Waals surface area contributed by atoms with E-state index in [2.05, 4.69) is 5.32 Å². The third-order valence-corrected chi connectivity index (χ3v) is 3.50. The van der Waals surface area contributed by atoms with Crippen molar-refractivity contribution in [1.82, 2.24) is 10.2 Å². The first-order valence-corrected chi connectivity index (χ1v) is 6.62. The van der Waals surface area contributed by atoms with Crippen molar-refractivity contribution in [1.29, 1.82) is 0 Å². The number of benzene rings is 1. The SMILES string of the molecule is CCN1C(=O)N[C@@H](c2cccc(F)c2)C(C(=O)OC)=C1C. The van der Waals surface area contributed by atoms with Crippen molar-refractivity contribution in [3.63, 3.8) is 0 Å². The van der Waals surface area contributed by atoms with Crippen LogP contribution in [0.1, 0.15) is 25.5 Å². The van der Waals surface area contributed by atoms with E-state index in [0.29, 0.717) is 23.4 Å². The van der Waals surface area contributed by atoms with Gasteiger partial charge < -0.3 is 10.1 Å². The highest BCUT2D eigenvalue weighted by Gasteiger charge is 2.35. The third-order valence-electron chi connectivity index (χ3n) is 3.50. The van der Waals surface area contributed by atoms with Gasteiger partial charge in [-0.15, -0.1) is 0 Å². The first-order valence-electron chi connectivity index (χ1n) is 6.62. The van der Waals surface area contributed by atoms with Crippen molar-refractivity contribution in [2.24, 2.45) is 0 Å². The molecule has 6 heteroatoms. The maximum Gasteiger partial charge on any atom is 0.337 e. The average Bonchev–Trinajstić information content (AvgIpc) is 2.46. The Morgan fingerprint density at radius 3 is 2.76 bits per heavy atom. The van der Waals surface area contributed by atoms with E-state index in [-0.39, 0.29) is 6.03 Å². The predicted molar refractivity (Wildman–Crippen MR) is 74.8 cm³/mol. The molecule has 0 saturated carbocycles. The summed E-state index contributed by atoms with van der Waals surface area (Å²) in [5.41, 5.74) is 1.32. The summed E-state index contributed by atoms with van der Waals surface area (Å²) in [5, 5.41) is 2.72. The standard InChI is InChI=1S/C15H17FN2O3/c1-4-18-9(2)12(14(19)21-3)13(17-15(18)20)10-6-5-7-11(16)8-10/h5-8,13H,4H2,1-3H3,(H,17,20)/t13-/m0/s1. The first-order chi connectivity index (χ1) is 9.99. The van der Waals surface area contributed by atoms with Gasteiger partial charge >= 0.3 is 12.0 Å². The van der Waals surface area contributed by atoms with Gasteiger partial charge in [-0.3, -0.25) is 4.90 Å². The van der Waals surface area contributed by atoms with Crippen molar-refractivity contribution in [3.05, 3.63) is 46.9 Å². The number of hydrogen-bond acceptors (Lipinski definition) is 3. The van der Waals surface area contributed by atoms with Crippen LogP contribution in [0, 0.1) is 5.82 Å². The Bertz CT molecular complexity index is 613. The largest absolute Gasteiger partial charge is 0.466 e. The summed E-state index contributed by atoms with van der Waals surface area (Å²) in [6.07, 6.45) is 0. The van der Waals surface area contributed by atoms with Gasteiger partial charge in [-0.2, -0.15) is 0 Å². The number of carbonyl (C=O) groups is 2. The van der Waals surface area contributed by atoms with Gasteiger partial charge in [0.15, 0.2) is 0 Å². The smallest absolute Gasteiger partial charge is 0.337 e. The number of nitrogens with one attached hydrogen (secondary N) is 1.